The van der Waals surface area contributed by atoms with Crippen molar-refractivity contribution in [2.75, 3.05) is 0 Å². The van der Waals surface area contributed by atoms with Gasteiger partial charge in [-0.3, -0.25) is 0 Å². The molecule has 0 aliphatic heterocycles. The topological polar surface area (TPSA) is 0 Å². The minimum Gasteiger partial charge on any atom is -0.0776 e. The van der Waals surface area contributed by atoms with Gasteiger partial charge in [0.25, 0.3) is 0 Å². The van der Waals surface area contributed by atoms with E-state index in [4.69, 9.17) is 1.37 Å². The van der Waals surface area contributed by atoms with Crippen LogP contribution in [0.15, 0.2) is 0 Å². The van der Waals surface area contributed by atoms with Crippen LogP contribution in [0.4, 0.5) is 0 Å². The summed E-state index contributed by atoms with van der Waals surface area (Å²) in [5.74, 6) is 1.93. The van der Waals surface area contributed by atoms with E-state index in [1.54, 1.807) is 0 Å². The standard InChI is InChI=1S/C8H18.4C5H12.4CH4/c1-6(2)8(5)7(3)4;4*1-3-5-4-2;;;;/h6-8H,1-5H3;4*3-5H2,1-2H3;4*1H4/i5D;;;;;;;;. The normalized spacial score (nSPS) is 8.66. The maximum absolute atomic E-state index is 7.22. The summed E-state index contributed by atoms with van der Waals surface area (Å²) in [6.45, 7) is 27.0. The van der Waals surface area contributed by atoms with Gasteiger partial charge in [0, 0.05) is 1.37 Å². The fourth-order valence-electron chi connectivity index (χ4n) is 2.18. The summed E-state index contributed by atoms with van der Waals surface area (Å²) in [7, 11) is 0. The van der Waals surface area contributed by atoms with Gasteiger partial charge in [-0.2, -0.15) is 0 Å². The van der Waals surface area contributed by atoms with E-state index in [0.29, 0.717) is 24.7 Å². The fraction of sp³-hybridized carbons (Fsp3) is 1.00. The summed E-state index contributed by atoms with van der Waals surface area (Å²) in [5, 5.41) is 0. The first kappa shape index (κ1) is 53.4. The van der Waals surface area contributed by atoms with Gasteiger partial charge in [0.2, 0.25) is 0 Å². The molecular weight excluding hydrogens is 384 g/mol. The van der Waals surface area contributed by atoms with Crippen LogP contribution in [0.1, 0.15) is 198 Å². The van der Waals surface area contributed by atoms with E-state index in [-0.39, 0.29) is 29.7 Å². The second-order valence-electron chi connectivity index (χ2n) is 8.57. The summed E-state index contributed by atoms with van der Waals surface area (Å²) in [6, 6.07) is 0. The van der Waals surface area contributed by atoms with Crippen LogP contribution in [0.3, 0.4) is 0 Å². The second-order valence-corrected chi connectivity index (χ2v) is 8.57. The van der Waals surface area contributed by atoms with Gasteiger partial charge in [0.1, 0.15) is 0 Å². The number of hydrogen-bond donors (Lipinski definition) is 0. The molecule has 210 valence electrons. The third kappa shape index (κ3) is 98.6. The number of hydrogen-bond acceptors (Lipinski definition) is 0. The molecule has 0 saturated heterocycles. The van der Waals surface area contributed by atoms with E-state index < -0.39 is 0 Å². The Morgan fingerprint density at radius 3 is 0.562 bits per heavy atom. The molecule has 0 N–H and O–H groups in total. The summed E-state index contributed by atoms with van der Waals surface area (Å²) in [6.07, 6.45) is 16.3. The van der Waals surface area contributed by atoms with E-state index in [2.05, 4.69) is 83.1 Å². The van der Waals surface area contributed by atoms with E-state index in [1.165, 1.54) is 77.0 Å². The molecule has 0 aromatic carbocycles. The van der Waals surface area contributed by atoms with Crippen LogP contribution in [0, 0.1) is 17.8 Å². The van der Waals surface area contributed by atoms with Crippen LogP contribution in [0.5, 0.6) is 0 Å². The van der Waals surface area contributed by atoms with E-state index in [1.807, 2.05) is 0 Å². The van der Waals surface area contributed by atoms with Crippen molar-refractivity contribution in [2.45, 2.75) is 197 Å². The first-order valence-electron chi connectivity index (χ1n) is 13.7. The third-order valence-corrected chi connectivity index (χ3v) is 4.54. The van der Waals surface area contributed by atoms with Gasteiger partial charge in [0.15, 0.2) is 0 Å². The highest BCUT2D eigenvalue weighted by molar-refractivity contribution is 4.59. The highest BCUT2D eigenvalue weighted by Gasteiger charge is 2.09. The molecule has 0 rings (SSSR count). The van der Waals surface area contributed by atoms with Crippen molar-refractivity contribution in [3.8, 4) is 0 Å². The maximum Gasteiger partial charge on any atom is 0.0233 e. The molecule has 0 aromatic heterocycles. The van der Waals surface area contributed by atoms with Gasteiger partial charge in [0.05, 0.1) is 0 Å². The zero-order valence-corrected chi connectivity index (χ0v) is 22.9. The smallest absolute Gasteiger partial charge is 0.0233 e. The lowest BCUT2D eigenvalue weighted by Crippen LogP contribution is -2.10. The fourth-order valence-corrected chi connectivity index (χ4v) is 2.18. The van der Waals surface area contributed by atoms with Crippen molar-refractivity contribution >= 4 is 0 Å². The van der Waals surface area contributed by atoms with Crippen LogP contribution < -0.4 is 0 Å². The minimum absolute atomic E-state index is 0. The SMILES string of the molecule is C.C.C.C.CCCCC.CCCCC.CCCCC.CCCCC.[2H]CC(C(C)C)C(C)C. The Balaban J connectivity index is -0.0000000310. The molecule has 0 aromatic rings. The van der Waals surface area contributed by atoms with Crippen molar-refractivity contribution in [1.82, 2.24) is 0 Å². The second kappa shape index (κ2) is 63.3. The Kier molecular flexibility index (Phi) is 106. The molecule has 32 heavy (non-hydrogen) atoms. The van der Waals surface area contributed by atoms with Crippen molar-refractivity contribution in [3.05, 3.63) is 0 Å². The van der Waals surface area contributed by atoms with E-state index in [0.717, 1.165) is 0 Å². The van der Waals surface area contributed by atoms with Crippen LogP contribution in [0.2, 0.25) is 0 Å². The predicted molar refractivity (Wildman–Crippen MR) is 167 cm³/mol. The van der Waals surface area contributed by atoms with Gasteiger partial charge >= 0.3 is 0 Å². The third-order valence-electron chi connectivity index (χ3n) is 4.54. The molecule has 0 aliphatic carbocycles. The molecule has 0 nitrogen and oxygen atoms in total. The van der Waals surface area contributed by atoms with Crippen molar-refractivity contribution in [2.24, 2.45) is 17.8 Å². The highest BCUT2D eigenvalue weighted by atomic mass is 14.2. The van der Waals surface area contributed by atoms with Gasteiger partial charge in [-0.1, -0.05) is 197 Å². The highest BCUT2D eigenvalue weighted by Crippen LogP contribution is 2.18. The molecule has 0 amide bonds. The Labute approximate surface area is 216 Å². The summed E-state index contributed by atoms with van der Waals surface area (Å²) < 4.78 is 7.22. The average molecular weight is 468 g/mol. The zero-order chi connectivity index (χ0) is 23.9. The van der Waals surface area contributed by atoms with Crippen LogP contribution in [0.25, 0.3) is 0 Å². The maximum atomic E-state index is 7.22. The Morgan fingerprint density at radius 2 is 0.562 bits per heavy atom. The molecule has 0 radical (unpaired) electrons. The molecule has 0 spiro atoms. The van der Waals surface area contributed by atoms with Crippen molar-refractivity contribution in [1.29, 1.82) is 0 Å². The molecular formula is C32H82. The first-order chi connectivity index (χ1) is 13.7. The summed E-state index contributed by atoms with van der Waals surface area (Å²) in [5.41, 5.74) is 0. The Morgan fingerprint density at radius 1 is 0.406 bits per heavy atom. The molecule has 0 aliphatic rings. The Hall–Kier alpha value is 0. The lowest BCUT2D eigenvalue weighted by molar-refractivity contribution is 0.316. The van der Waals surface area contributed by atoms with Crippen molar-refractivity contribution < 1.29 is 1.37 Å². The summed E-state index contributed by atoms with van der Waals surface area (Å²) >= 11 is 0. The zero-order valence-electron chi connectivity index (χ0n) is 23.9. The first-order valence-corrected chi connectivity index (χ1v) is 13.0. The van der Waals surface area contributed by atoms with Gasteiger partial charge < -0.3 is 0 Å². The lowest BCUT2D eigenvalue weighted by Gasteiger charge is -2.18. The minimum atomic E-state index is 0. The molecule has 0 heteroatoms. The molecule has 0 unspecified atom stereocenters. The average Bonchev–Trinajstić information content (AvgIpc) is 2.66. The largest absolute Gasteiger partial charge is 0.0776 e. The number of rotatable bonds is 10. The van der Waals surface area contributed by atoms with Gasteiger partial charge in [-0.15, -0.1) is 0 Å². The van der Waals surface area contributed by atoms with Crippen LogP contribution >= 0.6 is 0 Å². The molecule has 0 fully saturated rings. The Bertz CT molecular complexity index is 159. The predicted octanol–water partition coefficient (Wildman–Crippen LogP) is 14.3. The molecule has 0 atom stereocenters. The number of unbranched alkanes of at least 4 members (excludes halogenated alkanes) is 8. The van der Waals surface area contributed by atoms with E-state index >= 15 is 0 Å². The molecule has 0 saturated carbocycles. The molecule has 0 bridgehead atoms. The van der Waals surface area contributed by atoms with Crippen LogP contribution in [-0.4, -0.2) is 0 Å². The van der Waals surface area contributed by atoms with Gasteiger partial charge in [-0.05, 0) is 17.8 Å². The lowest BCUT2D eigenvalue weighted by atomic mass is 9.88. The van der Waals surface area contributed by atoms with Gasteiger partial charge in [-0.25, -0.2) is 0 Å². The quantitative estimate of drug-likeness (QED) is 0.299. The molecule has 0 heterocycles. The monoisotopic (exact) mass is 468 g/mol. The van der Waals surface area contributed by atoms with Crippen LogP contribution in [-0.2, 0) is 0 Å². The van der Waals surface area contributed by atoms with E-state index in [9.17, 15) is 0 Å². The summed E-state index contributed by atoms with van der Waals surface area (Å²) in [4.78, 5) is 0. The van der Waals surface area contributed by atoms with Crippen molar-refractivity contribution in [3.63, 3.8) is 0 Å².